The Morgan fingerprint density at radius 2 is 2.03 bits per heavy atom. The third-order valence-corrected chi connectivity index (χ3v) is 7.68. The number of carbonyl (C=O) groups is 1. The Labute approximate surface area is 190 Å². The number of hydrogen-bond acceptors (Lipinski definition) is 7. The number of fused-ring (bicyclic) bond motifs is 2. The highest BCUT2D eigenvalue weighted by atomic mass is 35.5. The van der Waals surface area contributed by atoms with Crippen molar-refractivity contribution in [3.63, 3.8) is 0 Å². The standard InChI is InChI=1S/C20H16ClN5O6S/c1-9(27)23-13-7-15(13)25-14-6-11(3-2-10(14)8-22-25)33(31,32)16-5-4-12(21)17-18(16)24-20(29)26(30)19(17)28/h2-6,8,13,15,30H,7H2,1H3,(H,23,27)(H,24,29)/t13-,15-/m1/s1. The molecular weight excluding hydrogens is 474 g/mol. The summed E-state index contributed by atoms with van der Waals surface area (Å²) in [6, 6.07) is 6.66. The quantitative estimate of drug-likeness (QED) is 0.364. The van der Waals surface area contributed by atoms with E-state index in [1.165, 1.54) is 31.2 Å². The fourth-order valence-corrected chi connectivity index (χ4v) is 5.59. The first-order chi connectivity index (χ1) is 15.6. The van der Waals surface area contributed by atoms with Gasteiger partial charge in [0.25, 0.3) is 5.56 Å². The van der Waals surface area contributed by atoms with Crippen molar-refractivity contribution in [1.29, 1.82) is 0 Å². The topological polar surface area (TPSA) is 156 Å². The van der Waals surface area contributed by atoms with Gasteiger partial charge in [-0.05, 0) is 36.8 Å². The van der Waals surface area contributed by atoms with Crippen molar-refractivity contribution in [3.8, 4) is 0 Å². The summed E-state index contributed by atoms with van der Waals surface area (Å²) in [6.45, 7) is 1.42. The van der Waals surface area contributed by atoms with E-state index in [2.05, 4.69) is 15.4 Å². The van der Waals surface area contributed by atoms with Gasteiger partial charge in [-0.15, -0.1) is 0 Å². The molecule has 4 aromatic rings. The minimum atomic E-state index is -4.22. The zero-order valence-corrected chi connectivity index (χ0v) is 18.5. The van der Waals surface area contributed by atoms with Gasteiger partial charge in [-0.25, -0.2) is 13.2 Å². The van der Waals surface area contributed by atoms with Crippen molar-refractivity contribution in [2.24, 2.45) is 0 Å². The largest absolute Gasteiger partial charge is 0.421 e. The van der Waals surface area contributed by atoms with Crippen LogP contribution in [0.3, 0.4) is 0 Å². The summed E-state index contributed by atoms with van der Waals surface area (Å²) in [5.74, 6) is -0.159. The molecule has 3 N–H and O–H groups in total. The van der Waals surface area contributed by atoms with E-state index in [0.717, 1.165) is 0 Å². The number of aromatic amines is 1. The highest BCUT2D eigenvalue weighted by Crippen LogP contribution is 2.38. The average molecular weight is 490 g/mol. The molecule has 2 atom stereocenters. The maximum Gasteiger partial charge on any atom is 0.362 e. The second-order valence-electron chi connectivity index (χ2n) is 7.77. The maximum absolute atomic E-state index is 13.5. The predicted octanol–water partition coefficient (Wildman–Crippen LogP) is 1.21. The molecule has 0 bridgehead atoms. The highest BCUT2D eigenvalue weighted by Gasteiger charge is 2.41. The van der Waals surface area contributed by atoms with Crippen LogP contribution in [0, 0.1) is 0 Å². The highest BCUT2D eigenvalue weighted by molar-refractivity contribution is 7.91. The zero-order chi connectivity index (χ0) is 23.7. The van der Waals surface area contributed by atoms with Gasteiger partial charge in [-0.3, -0.25) is 14.3 Å². The van der Waals surface area contributed by atoms with Crippen LogP contribution in [0.15, 0.2) is 55.9 Å². The number of nitrogens with zero attached hydrogens (tertiary/aromatic N) is 3. The summed E-state index contributed by atoms with van der Waals surface area (Å²) in [5, 5.41) is 17.0. The number of sulfone groups is 1. The van der Waals surface area contributed by atoms with Crippen LogP contribution in [0.1, 0.15) is 19.4 Å². The van der Waals surface area contributed by atoms with E-state index in [9.17, 15) is 28.0 Å². The molecule has 0 saturated heterocycles. The number of H-pyrrole nitrogens is 1. The fraction of sp³-hybridized carbons (Fsp3) is 0.200. The zero-order valence-electron chi connectivity index (χ0n) is 16.9. The summed E-state index contributed by atoms with van der Waals surface area (Å²) < 4.78 is 28.5. The lowest BCUT2D eigenvalue weighted by Crippen LogP contribution is -2.33. The Morgan fingerprint density at radius 3 is 2.76 bits per heavy atom. The minimum absolute atomic E-state index is 0.0863. The summed E-state index contributed by atoms with van der Waals surface area (Å²) in [7, 11) is -4.22. The molecule has 33 heavy (non-hydrogen) atoms. The van der Waals surface area contributed by atoms with Gasteiger partial charge in [0.15, 0.2) is 0 Å². The molecule has 1 aliphatic carbocycles. The molecule has 2 heterocycles. The first-order valence-corrected chi connectivity index (χ1v) is 11.6. The molecular formula is C20H16ClN5O6S. The van der Waals surface area contributed by atoms with Gasteiger partial charge in [0, 0.05) is 12.3 Å². The Balaban J connectivity index is 1.67. The number of halogens is 1. The predicted molar refractivity (Wildman–Crippen MR) is 117 cm³/mol. The number of carbonyl (C=O) groups excluding carboxylic acids is 1. The molecule has 170 valence electrons. The summed E-state index contributed by atoms with van der Waals surface area (Å²) in [6.07, 6.45) is 2.28. The van der Waals surface area contributed by atoms with E-state index in [1.54, 1.807) is 16.9 Å². The molecule has 0 radical (unpaired) electrons. The Kier molecular flexibility index (Phi) is 4.62. The van der Waals surface area contributed by atoms with Crippen molar-refractivity contribution < 1.29 is 18.4 Å². The average Bonchev–Trinajstić information content (AvgIpc) is 3.36. The first kappa shape index (κ1) is 21.2. The normalized spacial score (nSPS) is 18.0. The van der Waals surface area contributed by atoms with Crippen molar-refractivity contribution in [3.05, 3.63) is 62.4 Å². The van der Waals surface area contributed by atoms with Gasteiger partial charge >= 0.3 is 5.69 Å². The third kappa shape index (κ3) is 3.29. The Hall–Kier alpha value is -3.64. The van der Waals surface area contributed by atoms with Crippen LogP contribution < -0.4 is 16.6 Å². The number of amides is 1. The second-order valence-corrected chi connectivity index (χ2v) is 10.1. The second kappa shape index (κ2) is 7.18. The fourth-order valence-electron chi connectivity index (χ4n) is 3.92. The lowest BCUT2D eigenvalue weighted by molar-refractivity contribution is -0.119. The van der Waals surface area contributed by atoms with E-state index in [-0.39, 0.29) is 48.4 Å². The molecule has 1 amide bonds. The molecule has 11 nitrogen and oxygen atoms in total. The smallest absolute Gasteiger partial charge is 0.362 e. The molecule has 0 spiro atoms. The Morgan fingerprint density at radius 1 is 1.27 bits per heavy atom. The third-order valence-electron chi connectivity index (χ3n) is 5.58. The molecule has 1 fully saturated rings. The number of hydrogen-bond donors (Lipinski definition) is 3. The molecule has 2 aromatic heterocycles. The van der Waals surface area contributed by atoms with E-state index in [4.69, 9.17) is 11.6 Å². The van der Waals surface area contributed by atoms with Crippen LogP contribution in [0.2, 0.25) is 5.02 Å². The molecule has 0 unspecified atom stereocenters. The van der Waals surface area contributed by atoms with Crippen molar-refractivity contribution >= 4 is 49.2 Å². The van der Waals surface area contributed by atoms with Gasteiger partial charge in [-0.1, -0.05) is 16.3 Å². The van der Waals surface area contributed by atoms with Crippen molar-refractivity contribution in [2.45, 2.75) is 35.2 Å². The molecule has 0 aliphatic heterocycles. The summed E-state index contributed by atoms with van der Waals surface area (Å²) >= 11 is 6.05. The summed E-state index contributed by atoms with van der Waals surface area (Å²) in [5.41, 5.74) is -2.08. The molecule has 1 saturated carbocycles. The van der Waals surface area contributed by atoms with E-state index < -0.39 is 21.1 Å². The van der Waals surface area contributed by atoms with Crippen molar-refractivity contribution in [2.75, 3.05) is 0 Å². The van der Waals surface area contributed by atoms with Crippen LogP contribution in [0.4, 0.5) is 0 Å². The molecule has 13 heteroatoms. The van der Waals surface area contributed by atoms with Crippen LogP contribution >= 0.6 is 11.6 Å². The minimum Gasteiger partial charge on any atom is -0.421 e. The lowest BCUT2D eigenvalue weighted by Gasteiger charge is -2.10. The SMILES string of the molecule is CC(=O)N[C@@H]1C[C@H]1n1ncc2ccc(S(=O)(=O)c3ccc(Cl)c4c(=O)n(O)c(=O)[nH]c34)cc21. The van der Waals surface area contributed by atoms with Crippen LogP contribution in [-0.4, -0.2) is 45.1 Å². The Bertz CT molecular complexity index is 1700. The maximum atomic E-state index is 13.5. The number of aromatic nitrogens is 4. The van der Waals surface area contributed by atoms with E-state index in [1.807, 2.05) is 0 Å². The van der Waals surface area contributed by atoms with Crippen molar-refractivity contribution in [1.82, 2.24) is 24.8 Å². The van der Waals surface area contributed by atoms with Gasteiger partial charge < -0.3 is 15.5 Å². The first-order valence-electron chi connectivity index (χ1n) is 9.76. The van der Waals surface area contributed by atoms with Gasteiger partial charge in [0.2, 0.25) is 15.7 Å². The summed E-state index contributed by atoms with van der Waals surface area (Å²) in [4.78, 5) is 37.4. The van der Waals surface area contributed by atoms with Crippen LogP contribution in [0.5, 0.6) is 0 Å². The molecule has 2 aromatic carbocycles. The van der Waals surface area contributed by atoms with E-state index in [0.29, 0.717) is 17.3 Å². The van der Waals surface area contributed by atoms with Gasteiger partial charge in [0.1, 0.15) is 0 Å². The van der Waals surface area contributed by atoms with Crippen LogP contribution in [-0.2, 0) is 14.6 Å². The number of nitrogens with one attached hydrogen (secondary N) is 2. The monoisotopic (exact) mass is 489 g/mol. The van der Waals surface area contributed by atoms with Gasteiger partial charge in [0.05, 0.1) is 49.5 Å². The molecule has 5 rings (SSSR count). The number of benzene rings is 2. The van der Waals surface area contributed by atoms with Gasteiger partial charge in [-0.2, -0.15) is 5.10 Å². The van der Waals surface area contributed by atoms with E-state index >= 15 is 0 Å². The lowest BCUT2D eigenvalue weighted by atomic mass is 10.2. The van der Waals surface area contributed by atoms with Crippen LogP contribution in [0.25, 0.3) is 21.8 Å². The molecule has 1 aliphatic rings. The number of rotatable bonds is 4.